The number of hydrogen-bond acceptors (Lipinski definition) is 4. The van der Waals surface area contributed by atoms with Gasteiger partial charge >= 0.3 is 6.18 Å². The smallest absolute Gasteiger partial charge is 0.329 e. The van der Waals surface area contributed by atoms with Crippen molar-refractivity contribution in [3.8, 4) is 6.07 Å². The summed E-state index contributed by atoms with van der Waals surface area (Å²) in [7, 11) is -4.06. The lowest BCUT2D eigenvalue weighted by Crippen LogP contribution is -2.39. The Kier molecular flexibility index (Phi) is 6.04. The Labute approximate surface area is 138 Å². The van der Waals surface area contributed by atoms with E-state index < -0.39 is 38.3 Å². The molecule has 2 rings (SSSR count). The largest absolute Gasteiger partial charge is 0.417 e. The molecule has 0 amide bonds. The Morgan fingerprint density at radius 1 is 1.39 bits per heavy atom. The quantitative estimate of drug-likeness (QED) is 0.884. The van der Waals surface area contributed by atoms with E-state index in [9.17, 15) is 21.6 Å². The molecule has 2 N–H and O–H groups in total. The molecule has 0 aliphatic carbocycles. The summed E-state index contributed by atoms with van der Waals surface area (Å²) in [5, 5.41) is 8.74. The second kappa shape index (κ2) is 7.05. The molecule has 0 saturated carbocycles. The van der Waals surface area contributed by atoms with E-state index in [0.717, 1.165) is 16.4 Å². The summed E-state index contributed by atoms with van der Waals surface area (Å²) in [4.78, 5) is -0.473. The number of sulfonamides is 1. The van der Waals surface area contributed by atoms with E-state index in [1.165, 1.54) is 6.07 Å². The van der Waals surface area contributed by atoms with Crippen LogP contribution in [-0.4, -0.2) is 31.9 Å². The Balaban J connectivity index is 0.00000264. The summed E-state index contributed by atoms with van der Waals surface area (Å²) in [6.07, 6.45) is -3.60. The maximum absolute atomic E-state index is 12.9. The van der Waals surface area contributed by atoms with Crippen LogP contribution in [0.3, 0.4) is 0 Å². The summed E-state index contributed by atoms with van der Waals surface area (Å²) in [5.74, 6) is 0. The van der Waals surface area contributed by atoms with Gasteiger partial charge in [0.2, 0.25) is 10.0 Å². The van der Waals surface area contributed by atoms with Gasteiger partial charge in [0.25, 0.3) is 0 Å². The van der Waals surface area contributed by atoms with Crippen LogP contribution < -0.4 is 5.73 Å². The predicted octanol–water partition coefficient (Wildman–Crippen LogP) is 2.11. The molecule has 1 heterocycles. The zero-order valence-corrected chi connectivity index (χ0v) is 13.5. The van der Waals surface area contributed by atoms with Crippen molar-refractivity contribution in [2.75, 3.05) is 13.1 Å². The highest BCUT2D eigenvalue weighted by atomic mass is 35.5. The second-order valence-corrected chi connectivity index (χ2v) is 6.86. The van der Waals surface area contributed by atoms with Crippen LogP contribution in [-0.2, 0) is 16.2 Å². The van der Waals surface area contributed by atoms with Crippen molar-refractivity contribution in [2.45, 2.75) is 30.0 Å². The van der Waals surface area contributed by atoms with E-state index in [-0.39, 0.29) is 25.5 Å². The van der Waals surface area contributed by atoms with E-state index in [2.05, 4.69) is 0 Å². The van der Waals surface area contributed by atoms with Gasteiger partial charge in [0.15, 0.2) is 0 Å². The third kappa shape index (κ3) is 3.77. The van der Waals surface area contributed by atoms with Crippen LogP contribution in [0.2, 0.25) is 0 Å². The molecular formula is C13H15ClF3N3O2S. The Morgan fingerprint density at radius 2 is 2.04 bits per heavy atom. The first-order valence-electron chi connectivity index (χ1n) is 6.55. The molecule has 1 atom stereocenters. The second-order valence-electron chi connectivity index (χ2n) is 4.96. The number of nitriles is 1. The van der Waals surface area contributed by atoms with Crippen LogP contribution in [0.1, 0.15) is 24.0 Å². The fourth-order valence-corrected chi connectivity index (χ4v) is 4.24. The number of alkyl halides is 3. The van der Waals surface area contributed by atoms with Crippen molar-refractivity contribution >= 4 is 22.4 Å². The molecule has 1 aromatic carbocycles. The van der Waals surface area contributed by atoms with Crippen molar-refractivity contribution in [1.82, 2.24) is 4.31 Å². The van der Waals surface area contributed by atoms with Gasteiger partial charge in [-0.1, -0.05) is 0 Å². The van der Waals surface area contributed by atoms with E-state index in [1.807, 2.05) is 0 Å². The zero-order valence-electron chi connectivity index (χ0n) is 11.9. The standard InChI is InChI=1S/C13H14F3N3O2S.ClH/c14-13(15,16)12-6-11(4-3-9(12)7-17)22(20,21)19-5-1-2-10(19)8-18;/h3-4,6,10H,1-2,5,8,18H2;1H. The van der Waals surface area contributed by atoms with E-state index in [4.69, 9.17) is 11.0 Å². The van der Waals surface area contributed by atoms with Crippen LogP contribution in [0.25, 0.3) is 0 Å². The lowest BCUT2D eigenvalue weighted by Gasteiger charge is -2.23. The van der Waals surface area contributed by atoms with Crippen LogP contribution >= 0.6 is 12.4 Å². The molecule has 0 spiro atoms. The predicted molar refractivity (Wildman–Crippen MR) is 79.4 cm³/mol. The zero-order chi connectivity index (χ0) is 16.5. The fraction of sp³-hybridized carbons (Fsp3) is 0.462. The third-order valence-electron chi connectivity index (χ3n) is 3.62. The maximum atomic E-state index is 12.9. The molecule has 1 saturated heterocycles. The molecule has 1 fully saturated rings. The van der Waals surface area contributed by atoms with E-state index in [0.29, 0.717) is 18.9 Å². The van der Waals surface area contributed by atoms with Gasteiger partial charge in [0.05, 0.1) is 22.1 Å². The average molecular weight is 370 g/mol. The van der Waals surface area contributed by atoms with E-state index in [1.54, 1.807) is 0 Å². The highest BCUT2D eigenvalue weighted by Crippen LogP contribution is 2.34. The molecule has 1 unspecified atom stereocenters. The molecule has 0 bridgehead atoms. The fourth-order valence-electron chi connectivity index (χ4n) is 2.51. The van der Waals surface area contributed by atoms with Gasteiger partial charge < -0.3 is 5.73 Å². The van der Waals surface area contributed by atoms with Gasteiger partial charge in [-0.2, -0.15) is 22.7 Å². The average Bonchev–Trinajstić information content (AvgIpc) is 2.94. The van der Waals surface area contributed by atoms with Crippen LogP contribution in [0.15, 0.2) is 23.1 Å². The SMILES string of the molecule is Cl.N#Cc1ccc(S(=O)(=O)N2CCCC2CN)cc1C(F)(F)F. The minimum atomic E-state index is -4.80. The van der Waals surface area contributed by atoms with Crippen molar-refractivity contribution < 1.29 is 21.6 Å². The number of benzene rings is 1. The Morgan fingerprint density at radius 3 is 2.57 bits per heavy atom. The molecule has 128 valence electrons. The normalized spacial score (nSPS) is 19.2. The van der Waals surface area contributed by atoms with Crippen LogP contribution in [0.5, 0.6) is 0 Å². The molecule has 1 aliphatic rings. The Bertz CT molecular complexity index is 716. The minimum Gasteiger partial charge on any atom is -0.329 e. The van der Waals surface area contributed by atoms with Gasteiger partial charge in [0, 0.05) is 19.1 Å². The summed E-state index contributed by atoms with van der Waals surface area (Å²) < 4.78 is 65.0. The van der Waals surface area contributed by atoms with Crippen LogP contribution in [0.4, 0.5) is 13.2 Å². The lowest BCUT2D eigenvalue weighted by atomic mass is 10.1. The van der Waals surface area contributed by atoms with Gasteiger partial charge in [0.1, 0.15) is 0 Å². The lowest BCUT2D eigenvalue weighted by molar-refractivity contribution is -0.137. The number of halogens is 4. The molecule has 23 heavy (non-hydrogen) atoms. The Hall–Kier alpha value is -1.34. The minimum absolute atomic E-state index is 0. The molecule has 1 aliphatic heterocycles. The van der Waals surface area contributed by atoms with Gasteiger partial charge in [-0.25, -0.2) is 8.42 Å². The van der Waals surface area contributed by atoms with Gasteiger partial charge in [-0.3, -0.25) is 0 Å². The summed E-state index contributed by atoms with van der Waals surface area (Å²) in [5.41, 5.74) is 3.66. The number of nitrogens with zero attached hydrogens (tertiary/aromatic N) is 2. The topological polar surface area (TPSA) is 87.2 Å². The van der Waals surface area contributed by atoms with Gasteiger partial charge in [-0.05, 0) is 31.0 Å². The number of hydrogen-bond donors (Lipinski definition) is 1. The van der Waals surface area contributed by atoms with Crippen molar-refractivity contribution in [3.63, 3.8) is 0 Å². The molecular weight excluding hydrogens is 355 g/mol. The highest BCUT2D eigenvalue weighted by molar-refractivity contribution is 7.89. The van der Waals surface area contributed by atoms with Crippen molar-refractivity contribution in [3.05, 3.63) is 29.3 Å². The maximum Gasteiger partial charge on any atom is 0.417 e. The molecule has 5 nitrogen and oxygen atoms in total. The first kappa shape index (κ1) is 19.7. The summed E-state index contributed by atoms with van der Waals surface area (Å²) in [6.45, 7) is 0.340. The number of nitrogens with two attached hydrogens (primary N) is 1. The van der Waals surface area contributed by atoms with E-state index >= 15 is 0 Å². The highest BCUT2D eigenvalue weighted by Gasteiger charge is 2.38. The molecule has 0 aromatic heterocycles. The monoisotopic (exact) mass is 369 g/mol. The summed E-state index contributed by atoms with van der Waals surface area (Å²) >= 11 is 0. The van der Waals surface area contributed by atoms with Crippen molar-refractivity contribution in [1.29, 1.82) is 5.26 Å². The number of rotatable bonds is 3. The van der Waals surface area contributed by atoms with Crippen molar-refractivity contribution in [2.24, 2.45) is 5.73 Å². The van der Waals surface area contributed by atoms with Crippen LogP contribution in [0, 0.1) is 11.3 Å². The molecule has 0 radical (unpaired) electrons. The first-order valence-corrected chi connectivity index (χ1v) is 7.99. The third-order valence-corrected chi connectivity index (χ3v) is 5.57. The van der Waals surface area contributed by atoms with Gasteiger partial charge in [-0.15, -0.1) is 12.4 Å². The molecule has 10 heteroatoms. The summed E-state index contributed by atoms with van der Waals surface area (Å²) in [6, 6.07) is 3.43. The first-order chi connectivity index (χ1) is 10.2. The molecule has 1 aromatic rings.